The van der Waals surface area contributed by atoms with E-state index in [9.17, 15) is 18.4 Å². The van der Waals surface area contributed by atoms with Crippen molar-refractivity contribution < 1.29 is 18.4 Å². The number of carbonyl (C=O) groups excluding carboxylic acids is 2. The van der Waals surface area contributed by atoms with Crippen molar-refractivity contribution in [3.05, 3.63) is 35.4 Å². The van der Waals surface area contributed by atoms with Crippen LogP contribution >= 0.6 is 0 Å². The minimum absolute atomic E-state index is 0.0159. The summed E-state index contributed by atoms with van der Waals surface area (Å²) in [4.78, 5) is 25.2. The van der Waals surface area contributed by atoms with E-state index in [4.69, 9.17) is 0 Å². The van der Waals surface area contributed by atoms with Crippen LogP contribution in [0.1, 0.15) is 31.9 Å². The van der Waals surface area contributed by atoms with Gasteiger partial charge in [-0.2, -0.15) is 0 Å². The van der Waals surface area contributed by atoms with E-state index in [1.54, 1.807) is 20.9 Å². The molecular weight excluding hydrogens is 278 g/mol. The predicted octanol–water partition coefficient (Wildman–Crippen LogP) is 2.01. The Labute approximate surface area is 122 Å². The minimum atomic E-state index is -0.963. The molecule has 1 aliphatic heterocycles. The van der Waals surface area contributed by atoms with Crippen molar-refractivity contribution in [3.63, 3.8) is 0 Å². The monoisotopic (exact) mass is 296 g/mol. The summed E-state index contributed by atoms with van der Waals surface area (Å²) in [5.41, 5.74) is -0.640. The number of amides is 2. The molecule has 1 heterocycles. The SMILES string of the molecule is CNC(CN1C(=O)CC(C)(C)C1=O)c1cccc(F)c1F. The first kappa shape index (κ1) is 15.6. The minimum Gasteiger partial charge on any atom is -0.311 e. The zero-order valence-corrected chi connectivity index (χ0v) is 12.2. The van der Waals surface area contributed by atoms with Crippen LogP contribution in [-0.4, -0.2) is 30.3 Å². The van der Waals surface area contributed by atoms with E-state index in [1.165, 1.54) is 12.1 Å². The lowest BCUT2D eigenvalue weighted by Crippen LogP contribution is -2.39. The number of nitrogens with one attached hydrogen (secondary N) is 1. The molecule has 1 saturated heterocycles. The third-order valence-electron chi connectivity index (χ3n) is 3.79. The lowest BCUT2D eigenvalue weighted by Gasteiger charge is -2.24. The highest BCUT2D eigenvalue weighted by Gasteiger charge is 2.45. The zero-order chi connectivity index (χ0) is 15.8. The number of hydrogen-bond donors (Lipinski definition) is 1. The van der Waals surface area contributed by atoms with E-state index in [2.05, 4.69) is 5.32 Å². The summed E-state index contributed by atoms with van der Waals surface area (Å²) < 4.78 is 27.2. The van der Waals surface area contributed by atoms with Crippen molar-refractivity contribution in [1.29, 1.82) is 0 Å². The first-order chi connectivity index (χ1) is 9.77. The maximum Gasteiger partial charge on any atom is 0.235 e. The molecule has 0 aromatic heterocycles. The largest absolute Gasteiger partial charge is 0.311 e. The molecule has 1 unspecified atom stereocenters. The van der Waals surface area contributed by atoms with Crippen molar-refractivity contribution in [1.82, 2.24) is 10.2 Å². The molecule has 4 nitrogen and oxygen atoms in total. The molecule has 1 aliphatic rings. The van der Waals surface area contributed by atoms with Crippen molar-refractivity contribution in [2.45, 2.75) is 26.3 Å². The van der Waals surface area contributed by atoms with E-state index < -0.39 is 23.1 Å². The lowest BCUT2D eigenvalue weighted by molar-refractivity contribution is -0.141. The maximum absolute atomic E-state index is 13.9. The smallest absolute Gasteiger partial charge is 0.235 e. The molecule has 0 spiro atoms. The van der Waals surface area contributed by atoms with Crippen LogP contribution in [-0.2, 0) is 9.59 Å². The number of hydrogen-bond acceptors (Lipinski definition) is 3. The number of benzene rings is 1. The summed E-state index contributed by atoms with van der Waals surface area (Å²) in [5.74, 6) is -2.49. The number of carbonyl (C=O) groups is 2. The molecule has 0 bridgehead atoms. The fourth-order valence-electron chi connectivity index (χ4n) is 2.53. The zero-order valence-electron chi connectivity index (χ0n) is 12.2. The van der Waals surface area contributed by atoms with E-state index >= 15 is 0 Å². The summed E-state index contributed by atoms with van der Waals surface area (Å²) in [7, 11) is 1.57. The Hall–Kier alpha value is -1.82. The number of likely N-dealkylation sites (N-methyl/N-ethyl adjacent to an activating group) is 1. The molecule has 0 aliphatic carbocycles. The highest BCUT2D eigenvalue weighted by molar-refractivity contribution is 6.05. The lowest BCUT2D eigenvalue weighted by atomic mass is 9.92. The van der Waals surface area contributed by atoms with Crippen LogP contribution in [0, 0.1) is 17.0 Å². The number of imide groups is 1. The van der Waals surface area contributed by atoms with Crippen molar-refractivity contribution in [2.24, 2.45) is 5.41 Å². The Kier molecular flexibility index (Phi) is 4.09. The molecule has 1 atom stereocenters. The van der Waals surface area contributed by atoms with Gasteiger partial charge in [-0.1, -0.05) is 26.0 Å². The van der Waals surface area contributed by atoms with Gasteiger partial charge in [0, 0.05) is 18.5 Å². The Morgan fingerprint density at radius 3 is 2.52 bits per heavy atom. The van der Waals surface area contributed by atoms with Crippen molar-refractivity contribution in [2.75, 3.05) is 13.6 Å². The summed E-state index contributed by atoms with van der Waals surface area (Å²) >= 11 is 0. The van der Waals surface area contributed by atoms with Gasteiger partial charge in [0.2, 0.25) is 11.8 Å². The summed E-state index contributed by atoms with van der Waals surface area (Å²) in [6.07, 6.45) is 0.133. The van der Waals surface area contributed by atoms with Gasteiger partial charge < -0.3 is 5.32 Å². The summed E-state index contributed by atoms with van der Waals surface area (Å²) in [6, 6.07) is 3.22. The van der Waals surface area contributed by atoms with Crippen LogP contribution in [0.4, 0.5) is 8.78 Å². The quantitative estimate of drug-likeness (QED) is 0.865. The predicted molar refractivity (Wildman–Crippen MR) is 73.3 cm³/mol. The van der Waals surface area contributed by atoms with Gasteiger partial charge in [-0.15, -0.1) is 0 Å². The van der Waals surface area contributed by atoms with E-state index in [0.717, 1.165) is 11.0 Å². The molecule has 0 radical (unpaired) electrons. The molecule has 2 rings (SSSR count). The number of nitrogens with zero attached hydrogens (tertiary/aromatic N) is 1. The molecule has 114 valence electrons. The molecule has 21 heavy (non-hydrogen) atoms. The summed E-state index contributed by atoms with van der Waals surface area (Å²) in [5, 5.41) is 2.83. The van der Waals surface area contributed by atoms with Gasteiger partial charge in [0.25, 0.3) is 0 Å². The molecule has 6 heteroatoms. The normalized spacial score (nSPS) is 19.2. The second-order valence-electron chi connectivity index (χ2n) is 5.85. The van der Waals surface area contributed by atoms with Crippen LogP contribution in [0.15, 0.2) is 18.2 Å². The Morgan fingerprint density at radius 1 is 1.33 bits per heavy atom. The molecule has 1 N–H and O–H groups in total. The number of rotatable bonds is 4. The molecule has 1 aromatic rings. The average Bonchev–Trinajstić information content (AvgIpc) is 2.61. The molecule has 0 saturated carbocycles. The van der Waals surface area contributed by atoms with Crippen LogP contribution in [0.2, 0.25) is 0 Å². The van der Waals surface area contributed by atoms with Crippen molar-refractivity contribution >= 4 is 11.8 Å². The van der Waals surface area contributed by atoms with Gasteiger partial charge >= 0.3 is 0 Å². The van der Waals surface area contributed by atoms with Gasteiger partial charge in [0.05, 0.1) is 11.5 Å². The summed E-state index contributed by atoms with van der Waals surface area (Å²) in [6.45, 7) is 3.38. The Morgan fingerprint density at radius 2 is 2.00 bits per heavy atom. The van der Waals surface area contributed by atoms with E-state index in [-0.39, 0.29) is 30.3 Å². The third kappa shape index (κ3) is 2.81. The van der Waals surface area contributed by atoms with Gasteiger partial charge in [0.15, 0.2) is 11.6 Å². The van der Waals surface area contributed by atoms with Crippen LogP contribution < -0.4 is 5.32 Å². The van der Waals surface area contributed by atoms with Gasteiger partial charge in [0.1, 0.15) is 0 Å². The maximum atomic E-state index is 13.9. The Bertz CT molecular complexity index is 587. The van der Waals surface area contributed by atoms with Gasteiger partial charge in [-0.3, -0.25) is 14.5 Å². The van der Waals surface area contributed by atoms with Crippen LogP contribution in [0.25, 0.3) is 0 Å². The van der Waals surface area contributed by atoms with Crippen molar-refractivity contribution in [3.8, 4) is 0 Å². The van der Waals surface area contributed by atoms with Gasteiger partial charge in [-0.05, 0) is 13.1 Å². The van der Waals surface area contributed by atoms with E-state index in [1.807, 2.05) is 0 Å². The van der Waals surface area contributed by atoms with Gasteiger partial charge in [-0.25, -0.2) is 8.78 Å². The number of halogens is 2. The number of likely N-dealkylation sites (tertiary alicyclic amines) is 1. The molecule has 2 amide bonds. The highest BCUT2D eigenvalue weighted by Crippen LogP contribution is 2.33. The average molecular weight is 296 g/mol. The second kappa shape index (κ2) is 5.52. The third-order valence-corrected chi connectivity index (χ3v) is 3.79. The fourth-order valence-corrected chi connectivity index (χ4v) is 2.53. The topological polar surface area (TPSA) is 49.4 Å². The first-order valence-electron chi connectivity index (χ1n) is 6.74. The standard InChI is InChI=1S/C15H18F2N2O2/c1-15(2)7-12(20)19(14(15)21)8-11(18-3)9-5-4-6-10(16)13(9)17/h4-6,11,18H,7-8H2,1-3H3. The Balaban J connectivity index is 2.26. The van der Waals surface area contributed by atoms with Crippen LogP contribution in [0.5, 0.6) is 0 Å². The molecular formula is C15H18F2N2O2. The second-order valence-corrected chi connectivity index (χ2v) is 5.85. The van der Waals surface area contributed by atoms with Crippen LogP contribution in [0.3, 0.4) is 0 Å². The fraction of sp³-hybridized carbons (Fsp3) is 0.467. The highest BCUT2D eigenvalue weighted by atomic mass is 19.2. The van der Waals surface area contributed by atoms with E-state index in [0.29, 0.717) is 0 Å². The molecule has 1 fully saturated rings. The first-order valence-corrected chi connectivity index (χ1v) is 6.74. The molecule has 1 aromatic carbocycles.